The zero-order valence-corrected chi connectivity index (χ0v) is 18.8. The summed E-state index contributed by atoms with van der Waals surface area (Å²) < 4.78 is 40.8. The molecular weight excluding hydrogens is 462 g/mol. The van der Waals surface area contributed by atoms with Gasteiger partial charge in [-0.05, 0) is 55.0 Å². The molecule has 0 bridgehead atoms. The lowest BCUT2D eigenvalue weighted by Gasteiger charge is -2.22. The van der Waals surface area contributed by atoms with Gasteiger partial charge < -0.3 is 5.32 Å². The number of aryl methyl sites for hydroxylation is 1. The highest BCUT2D eigenvalue weighted by molar-refractivity contribution is 7.89. The minimum absolute atomic E-state index is 0.0545. The number of carbonyl (C=O) groups is 1. The van der Waals surface area contributed by atoms with E-state index in [4.69, 9.17) is 23.2 Å². The molecule has 0 unspecified atom stereocenters. The molecule has 5 nitrogen and oxygen atoms in total. The number of nitrogens with one attached hydrogen (secondary N) is 1. The van der Waals surface area contributed by atoms with Crippen LogP contribution in [-0.4, -0.2) is 25.2 Å². The van der Waals surface area contributed by atoms with Crippen LogP contribution in [0.2, 0.25) is 10.0 Å². The van der Waals surface area contributed by atoms with Crippen molar-refractivity contribution in [3.63, 3.8) is 0 Å². The Morgan fingerprint density at radius 2 is 1.55 bits per heavy atom. The molecule has 0 aliphatic rings. The summed E-state index contributed by atoms with van der Waals surface area (Å²) in [5.41, 5.74) is 1.78. The Labute approximate surface area is 190 Å². The normalized spacial score (nSPS) is 11.5. The van der Waals surface area contributed by atoms with E-state index in [2.05, 4.69) is 5.32 Å². The van der Waals surface area contributed by atoms with Crippen LogP contribution in [0.15, 0.2) is 71.6 Å². The highest BCUT2D eigenvalue weighted by Crippen LogP contribution is 2.23. The molecule has 31 heavy (non-hydrogen) atoms. The van der Waals surface area contributed by atoms with E-state index in [-0.39, 0.29) is 11.4 Å². The first-order valence-electron chi connectivity index (χ1n) is 9.21. The second kappa shape index (κ2) is 9.78. The van der Waals surface area contributed by atoms with E-state index in [9.17, 15) is 17.6 Å². The zero-order chi connectivity index (χ0) is 22.6. The molecule has 9 heteroatoms. The molecule has 162 valence electrons. The summed E-state index contributed by atoms with van der Waals surface area (Å²) >= 11 is 11.9. The Hall–Kier alpha value is -2.45. The first-order chi connectivity index (χ1) is 14.6. The minimum atomic E-state index is -4.00. The van der Waals surface area contributed by atoms with Gasteiger partial charge in [-0.2, -0.15) is 4.31 Å². The lowest BCUT2D eigenvalue weighted by molar-refractivity contribution is -0.116. The molecule has 0 radical (unpaired) electrons. The number of anilines is 1. The average Bonchev–Trinajstić information content (AvgIpc) is 2.68. The third kappa shape index (κ3) is 6.27. The van der Waals surface area contributed by atoms with Crippen molar-refractivity contribution in [3.05, 3.63) is 93.7 Å². The van der Waals surface area contributed by atoms with Crippen LogP contribution in [0.25, 0.3) is 0 Å². The van der Waals surface area contributed by atoms with Crippen LogP contribution in [-0.2, 0) is 21.4 Å². The molecule has 0 spiro atoms. The Morgan fingerprint density at radius 3 is 2.13 bits per heavy atom. The van der Waals surface area contributed by atoms with Gasteiger partial charge in [-0.3, -0.25) is 4.79 Å². The third-order valence-corrected chi connectivity index (χ3v) is 6.64. The topological polar surface area (TPSA) is 66.5 Å². The summed E-state index contributed by atoms with van der Waals surface area (Å²) in [5, 5.41) is 3.27. The van der Waals surface area contributed by atoms with E-state index < -0.39 is 28.3 Å². The van der Waals surface area contributed by atoms with Gasteiger partial charge in [0, 0.05) is 22.3 Å². The van der Waals surface area contributed by atoms with Crippen LogP contribution in [0, 0.1) is 12.7 Å². The van der Waals surface area contributed by atoms with Crippen LogP contribution in [0.3, 0.4) is 0 Å². The fourth-order valence-electron chi connectivity index (χ4n) is 2.87. The number of hydrogen-bond acceptors (Lipinski definition) is 3. The summed E-state index contributed by atoms with van der Waals surface area (Å²) in [4.78, 5) is 12.7. The highest BCUT2D eigenvalue weighted by atomic mass is 35.5. The molecule has 0 saturated carbocycles. The number of sulfonamides is 1. The number of carbonyl (C=O) groups excluding carboxylic acids is 1. The average molecular weight is 481 g/mol. The van der Waals surface area contributed by atoms with E-state index >= 15 is 0 Å². The Balaban J connectivity index is 1.88. The standard InChI is InChI=1S/C22H19Cl2FN2O3S/c1-15-2-8-21(9-3-15)31(29,30)27(13-16-4-6-19(25)7-5-16)14-22(28)26-20-11-17(23)10-18(24)12-20/h2-12H,13-14H2,1H3,(H,26,28). The number of nitrogens with zero attached hydrogens (tertiary/aromatic N) is 1. The van der Waals surface area contributed by atoms with Gasteiger partial charge in [0.1, 0.15) is 5.82 Å². The lowest BCUT2D eigenvalue weighted by Crippen LogP contribution is -2.37. The van der Waals surface area contributed by atoms with E-state index in [0.717, 1.165) is 9.87 Å². The molecule has 0 heterocycles. The third-order valence-electron chi connectivity index (χ3n) is 4.40. The number of hydrogen-bond donors (Lipinski definition) is 1. The van der Waals surface area contributed by atoms with Gasteiger partial charge in [-0.1, -0.05) is 53.0 Å². The van der Waals surface area contributed by atoms with Crippen molar-refractivity contribution in [2.24, 2.45) is 0 Å². The van der Waals surface area contributed by atoms with Crippen LogP contribution >= 0.6 is 23.2 Å². The van der Waals surface area contributed by atoms with E-state index in [1.54, 1.807) is 12.1 Å². The molecular formula is C22H19Cl2FN2O3S. The van der Waals surface area contributed by atoms with Crippen molar-refractivity contribution in [2.75, 3.05) is 11.9 Å². The molecule has 0 atom stereocenters. The molecule has 3 aromatic carbocycles. The Bertz CT molecular complexity index is 1160. The molecule has 0 saturated heterocycles. The molecule has 1 N–H and O–H groups in total. The summed E-state index contributed by atoms with van der Waals surface area (Å²) in [7, 11) is -4.00. The fraction of sp³-hybridized carbons (Fsp3) is 0.136. The van der Waals surface area contributed by atoms with Crippen molar-refractivity contribution in [3.8, 4) is 0 Å². The van der Waals surface area contributed by atoms with Crippen molar-refractivity contribution in [1.29, 1.82) is 0 Å². The summed E-state index contributed by atoms with van der Waals surface area (Å²) in [6.45, 7) is 1.27. The second-order valence-electron chi connectivity index (χ2n) is 6.92. The van der Waals surface area contributed by atoms with Gasteiger partial charge in [0.2, 0.25) is 15.9 Å². The number of amides is 1. The van der Waals surface area contributed by atoms with Gasteiger partial charge in [-0.25, -0.2) is 12.8 Å². The van der Waals surface area contributed by atoms with Crippen molar-refractivity contribution >= 4 is 44.8 Å². The Morgan fingerprint density at radius 1 is 0.968 bits per heavy atom. The quantitative estimate of drug-likeness (QED) is 0.500. The fourth-order valence-corrected chi connectivity index (χ4v) is 4.78. The Kier molecular flexibility index (Phi) is 7.33. The molecule has 0 aliphatic heterocycles. The van der Waals surface area contributed by atoms with Crippen LogP contribution in [0.4, 0.5) is 10.1 Å². The van der Waals surface area contributed by atoms with E-state index in [0.29, 0.717) is 21.3 Å². The minimum Gasteiger partial charge on any atom is -0.325 e. The first kappa shape index (κ1) is 23.2. The predicted molar refractivity (Wildman–Crippen MR) is 120 cm³/mol. The van der Waals surface area contributed by atoms with Crippen molar-refractivity contribution in [1.82, 2.24) is 4.31 Å². The van der Waals surface area contributed by atoms with Crippen LogP contribution in [0.5, 0.6) is 0 Å². The highest BCUT2D eigenvalue weighted by Gasteiger charge is 2.27. The van der Waals surface area contributed by atoms with Gasteiger partial charge in [-0.15, -0.1) is 0 Å². The molecule has 0 aliphatic carbocycles. The van der Waals surface area contributed by atoms with Crippen molar-refractivity contribution < 1.29 is 17.6 Å². The van der Waals surface area contributed by atoms with E-state index in [1.165, 1.54) is 54.6 Å². The van der Waals surface area contributed by atoms with Gasteiger partial charge in [0.05, 0.1) is 11.4 Å². The first-order valence-corrected chi connectivity index (χ1v) is 11.4. The number of benzene rings is 3. The lowest BCUT2D eigenvalue weighted by atomic mass is 10.2. The van der Waals surface area contributed by atoms with Gasteiger partial charge in [0.25, 0.3) is 0 Å². The van der Waals surface area contributed by atoms with Crippen LogP contribution in [0.1, 0.15) is 11.1 Å². The van der Waals surface area contributed by atoms with Gasteiger partial charge >= 0.3 is 0 Å². The molecule has 3 aromatic rings. The summed E-state index contributed by atoms with van der Waals surface area (Å²) in [5.74, 6) is -1.01. The smallest absolute Gasteiger partial charge is 0.243 e. The molecule has 3 rings (SSSR count). The number of rotatable bonds is 7. The summed E-state index contributed by atoms with van der Waals surface area (Å²) in [6, 6.07) is 16.3. The van der Waals surface area contributed by atoms with E-state index in [1.807, 2.05) is 6.92 Å². The summed E-state index contributed by atoms with van der Waals surface area (Å²) in [6.07, 6.45) is 0. The number of halogens is 3. The monoisotopic (exact) mass is 480 g/mol. The molecule has 0 fully saturated rings. The maximum Gasteiger partial charge on any atom is 0.243 e. The zero-order valence-electron chi connectivity index (χ0n) is 16.5. The SMILES string of the molecule is Cc1ccc(S(=O)(=O)N(CC(=O)Nc2cc(Cl)cc(Cl)c2)Cc2ccc(F)cc2)cc1. The maximum atomic E-state index is 13.3. The van der Waals surface area contributed by atoms with Crippen molar-refractivity contribution in [2.45, 2.75) is 18.4 Å². The maximum absolute atomic E-state index is 13.3. The van der Waals surface area contributed by atoms with Gasteiger partial charge in [0.15, 0.2) is 0 Å². The second-order valence-corrected chi connectivity index (χ2v) is 9.73. The molecule has 0 aromatic heterocycles. The van der Waals surface area contributed by atoms with Crippen LogP contribution < -0.4 is 5.32 Å². The predicted octanol–water partition coefficient (Wildman–Crippen LogP) is 5.27. The molecule has 1 amide bonds. The largest absolute Gasteiger partial charge is 0.325 e.